The molecule has 1 aliphatic rings. The molecule has 0 aromatic carbocycles. The minimum absolute atomic E-state index is 0.0225. The lowest BCUT2D eigenvalue weighted by atomic mass is 10.0. The Kier molecular flexibility index (Phi) is 32.2. The Labute approximate surface area is 645 Å². The number of amides is 12. The Morgan fingerprint density at radius 2 is 1.10 bits per heavy atom. The lowest BCUT2D eigenvalue weighted by molar-refractivity contribution is -0.293. The molecule has 6 atom stereocenters. The maximum atomic E-state index is 15.1. The minimum Gasteiger partial charge on any atom is -0.388 e. The van der Waals surface area contributed by atoms with Gasteiger partial charge in [0.2, 0.25) is 59.2 Å². The monoisotopic (exact) mass is 1620 g/mol. The number of aromatic amines is 2. The number of aromatic nitrogens is 15. The summed E-state index contributed by atoms with van der Waals surface area (Å²) >= 11 is 0. The third-order valence-corrected chi connectivity index (χ3v) is 16.1. The van der Waals surface area contributed by atoms with Crippen LogP contribution in [0.1, 0.15) is 12.6 Å². The number of imidazole rings is 2. The second-order valence-electron chi connectivity index (χ2n) is 24.7. The van der Waals surface area contributed by atoms with Crippen LogP contribution < -0.4 is 88.4 Å². The Balaban J connectivity index is 0.978. The number of urea groups is 1. The smallest absolute Gasteiger partial charge is 0.349 e. The zero-order chi connectivity index (χ0) is 83.4. The largest absolute Gasteiger partial charge is 0.388 e. The maximum absolute atomic E-state index is 15.1. The molecule has 22 N–H and O–H groups in total. The van der Waals surface area contributed by atoms with Gasteiger partial charge in [-0.25, -0.2) is 29.0 Å². The number of hydrogen-bond donors (Lipinski definition) is 17. The van der Waals surface area contributed by atoms with Crippen molar-refractivity contribution in [1.29, 1.82) is 0 Å². The van der Waals surface area contributed by atoms with Gasteiger partial charge in [-0.3, -0.25) is 86.9 Å². The highest BCUT2D eigenvalue weighted by molar-refractivity contribution is 6.03. The van der Waals surface area contributed by atoms with E-state index in [-0.39, 0.29) is 116 Å². The van der Waals surface area contributed by atoms with Gasteiger partial charge in [0.15, 0.2) is 28.6 Å². The lowest BCUT2D eigenvalue weighted by Crippen LogP contribution is -2.57. The third-order valence-electron chi connectivity index (χ3n) is 16.1. The van der Waals surface area contributed by atoms with Gasteiger partial charge in [0, 0.05) is 38.1 Å². The van der Waals surface area contributed by atoms with Crippen LogP contribution in [0, 0.1) is 0 Å². The molecule has 0 aliphatic carbocycles. The molecule has 7 aromatic heterocycles. The maximum Gasteiger partial charge on any atom is 0.349 e. The lowest BCUT2D eigenvalue weighted by Gasteiger charge is -2.38. The average molecular weight is 1620 g/mol. The standard InChI is InChI=1S/C61H84N30O24/c1-32-48(101)49(102)50(103)56(115-32)114-11-8-90-17-33(82-83-90)16-34(74-59(107)77-42(97)26-113-15-13-111-10-5-67-41(96)25-112-14-12-110-9-4-62)55(106)91(45(100)24-85-7-3-36(64)76-61(85)109)21-40(95)71-29-87(43(98)22-84-6-2-35(63)75-60(84)108)19-39(94)70-28-86(44(99)23-89-31-73-47-52(89)79-58(66)81-54(47)105)18-37(92)68-27-69-38(93)20-88-30-72-46-51(88)78-57(65)80-53(46)104/h2-3,6-7,17,30-32,34,48-50,56,101-103H,4-5,8-16,18-29,62H2,1H3,(H,67,96)(H,68,92)(H,69,93)(H,70,94)(H,71,95)(H2,63,75,108)(H2,64,76,109)(H3,65,78,80,104)(H3,66,79,81,105)(H2,74,77,97,107)/t32-,34+,48+,49+,50-,56+/m0/s1. The number of hydrogen-bond acceptors (Lipinski definition) is 37. The van der Waals surface area contributed by atoms with Crippen LogP contribution in [0.15, 0.2) is 62.6 Å². The van der Waals surface area contributed by atoms with Crippen LogP contribution in [-0.4, -0.2) is 317 Å². The minimum atomic E-state index is -2.02. The zero-order valence-electron chi connectivity index (χ0n) is 61.2. The van der Waals surface area contributed by atoms with Crippen LogP contribution in [-0.2, 0) is 116 Å². The number of carbonyl (C=O) groups excluding carboxylic acids is 11. The number of nitrogens with one attached hydrogen (secondary N) is 9. The first-order valence-electron chi connectivity index (χ1n) is 34.6. The molecular weight excluding hydrogens is 1540 g/mol. The van der Waals surface area contributed by atoms with E-state index < -0.39 is 203 Å². The van der Waals surface area contributed by atoms with Crippen LogP contribution in [0.5, 0.6) is 0 Å². The van der Waals surface area contributed by atoms with Gasteiger partial charge in [-0.15, -0.1) is 5.10 Å². The number of nitrogen functional groups attached to an aromatic ring is 4. The molecule has 1 fully saturated rings. The van der Waals surface area contributed by atoms with Gasteiger partial charge in [0.05, 0.1) is 97.3 Å². The summed E-state index contributed by atoms with van der Waals surface area (Å²) in [5, 5.41) is 55.1. The fraction of sp³-hybridized carbons (Fsp3) is 0.492. The number of imide groups is 2. The van der Waals surface area contributed by atoms with Crippen LogP contribution in [0.25, 0.3) is 22.3 Å². The van der Waals surface area contributed by atoms with Gasteiger partial charge < -0.3 is 123 Å². The Morgan fingerprint density at radius 3 is 1.69 bits per heavy atom. The molecule has 0 radical (unpaired) electrons. The van der Waals surface area contributed by atoms with Crippen molar-refractivity contribution in [3.63, 3.8) is 0 Å². The van der Waals surface area contributed by atoms with Crippen LogP contribution in [0.2, 0.25) is 0 Å². The highest BCUT2D eigenvalue weighted by Crippen LogP contribution is 2.22. The van der Waals surface area contributed by atoms with E-state index in [1.807, 2.05) is 5.32 Å². The fourth-order valence-corrected chi connectivity index (χ4v) is 10.3. The Morgan fingerprint density at radius 1 is 0.583 bits per heavy atom. The molecule has 0 spiro atoms. The van der Waals surface area contributed by atoms with E-state index in [0.29, 0.717) is 22.6 Å². The molecule has 12 amide bonds. The molecule has 0 unspecified atom stereocenters. The van der Waals surface area contributed by atoms with E-state index in [2.05, 4.69) is 82.1 Å². The number of anilines is 4. The van der Waals surface area contributed by atoms with Gasteiger partial charge >= 0.3 is 17.4 Å². The highest BCUT2D eigenvalue weighted by Gasteiger charge is 2.42. The summed E-state index contributed by atoms with van der Waals surface area (Å²) in [6, 6.07) is -1.17. The number of ether oxygens (including phenoxy) is 6. The number of rotatable bonds is 43. The number of H-pyrrole nitrogens is 2. The predicted octanol–water partition coefficient (Wildman–Crippen LogP) is -13.5. The third kappa shape index (κ3) is 26.5. The van der Waals surface area contributed by atoms with E-state index in [1.165, 1.54) is 17.7 Å². The molecule has 622 valence electrons. The van der Waals surface area contributed by atoms with Gasteiger partial charge in [0.25, 0.3) is 22.9 Å². The van der Waals surface area contributed by atoms with Gasteiger partial charge in [-0.1, -0.05) is 5.21 Å². The summed E-state index contributed by atoms with van der Waals surface area (Å²) in [6.07, 6.45) is -2.30. The van der Waals surface area contributed by atoms with E-state index in [1.54, 1.807) is 0 Å². The van der Waals surface area contributed by atoms with Crippen LogP contribution in [0.3, 0.4) is 0 Å². The summed E-state index contributed by atoms with van der Waals surface area (Å²) in [7, 11) is 0. The Hall–Kier alpha value is -13.2. The SMILES string of the molecule is C[C@@H]1O[C@@H](OCCn2cc(C[C@@H](NC(=O)NC(=O)COCCOCCNC(=O)COCCOCCN)C(=O)N(CC(=O)NCN(CC(=O)NCN(CC(=O)NCNC(=O)Cn3cnc4c(=O)[nH]c(N)nc43)C(=O)Cn3cnc4c(=O)[nH]c(N)nc43)C(=O)Cn3ccc(N)nc3=O)C(=O)Cn3ccc(N)nc3=O)nn2)[C@@H](O)[C@H](O)[C@@H]1O. The number of nitrogens with zero attached hydrogens (tertiary/aromatic N) is 16. The van der Waals surface area contributed by atoms with Crippen molar-refractivity contribution < 1.29 is 96.5 Å². The van der Waals surface area contributed by atoms with Crippen molar-refractivity contribution in [3.8, 4) is 0 Å². The molecular formula is C61H84N30O24. The van der Waals surface area contributed by atoms with Crippen molar-refractivity contribution in [3.05, 3.63) is 90.7 Å². The number of aliphatic hydroxyl groups excluding tert-OH is 3. The van der Waals surface area contributed by atoms with Crippen molar-refractivity contribution in [2.45, 2.75) is 82.8 Å². The fourth-order valence-electron chi connectivity index (χ4n) is 10.3. The summed E-state index contributed by atoms with van der Waals surface area (Å²) in [4.78, 5) is 232. The number of nitrogens with two attached hydrogens (primary N) is 5. The van der Waals surface area contributed by atoms with Crippen molar-refractivity contribution >= 4 is 111 Å². The predicted molar refractivity (Wildman–Crippen MR) is 386 cm³/mol. The molecule has 1 aliphatic heterocycles. The molecule has 8 rings (SSSR count). The van der Waals surface area contributed by atoms with Crippen molar-refractivity contribution in [2.75, 3.05) is 135 Å². The van der Waals surface area contributed by atoms with Crippen LogP contribution in [0.4, 0.5) is 28.3 Å². The normalized spacial score (nSPS) is 15.4. The highest BCUT2D eigenvalue weighted by atomic mass is 16.7. The van der Waals surface area contributed by atoms with Crippen molar-refractivity contribution in [1.82, 2.24) is 125 Å². The first-order chi connectivity index (χ1) is 54.9. The molecule has 7 aromatic rings. The summed E-state index contributed by atoms with van der Waals surface area (Å²) in [6.45, 7) is -8.09. The molecule has 54 nitrogen and oxygen atoms in total. The first-order valence-corrected chi connectivity index (χ1v) is 34.6. The van der Waals surface area contributed by atoms with Crippen molar-refractivity contribution in [2.24, 2.45) is 5.73 Å². The quantitative estimate of drug-likeness (QED) is 0.0125. The summed E-state index contributed by atoms with van der Waals surface area (Å²) in [5.74, 6) is -11.7. The molecule has 1 saturated heterocycles. The molecule has 54 heteroatoms. The summed E-state index contributed by atoms with van der Waals surface area (Å²) < 4.78 is 37.0. The molecule has 8 heterocycles. The molecule has 115 heavy (non-hydrogen) atoms. The van der Waals surface area contributed by atoms with E-state index >= 15 is 4.79 Å². The summed E-state index contributed by atoms with van der Waals surface area (Å²) in [5.41, 5.74) is 23.8. The molecule has 0 saturated carbocycles. The first kappa shape index (κ1) is 87.4. The number of carbonyl (C=O) groups is 11. The van der Waals surface area contributed by atoms with Gasteiger partial charge in [-0.05, 0) is 19.1 Å². The Bertz CT molecular complexity index is 4870. The second-order valence-corrected chi connectivity index (χ2v) is 24.7. The van der Waals surface area contributed by atoms with E-state index in [0.717, 1.165) is 55.9 Å². The topological polar surface area (TPSA) is 756 Å². The number of fused-ring (bicyclic) bond motifs is 2. The average Bonchev–Trinajstić information content (AvgIpc) is 1.73. The van der Waals surface area contributed by atoms with Gasteiger partial charge in [0.1, 0.15) is 95.0 Å². The second kappa shape index (κ2) is 42.4. The van der Waals surface area contributed by atoms with E-state index in [9.17, 15) is 82.4 Å². The van der Waals surface area contributed by atoms with Gasteiger partial charge in [-0.2, -0.15) is 19.9 Å². The van der Waals surface area contributed by atoms with Crippen LogP contribution >= 0.6 is 0 Å². The van der Waals surface area contributed by atoms with E-state index in [4.69, 9.17) is 57.1 Å². The molecule has 0 bridgehead atoms. The zero-order valence-corrected chi connectivity index (χ0v) is 61.2. The number of aliphatic hydroxyl groups is 3.